The molecule has 26 heavy (non-hydrogen) atoms. The molecule has 0 spiro atoms. The molecule has 2 fully saturated rings. The second kappa shape index (κ2) is 6.43. The highest BCUT2D eigenvalue weighted by molar-refractivity contribution is 6.33. The van der Waals surface area contributed by atoms with Gasteiger partial charge < -0.3 is 14.2 Å². The van der Waals surface area contributed by atoms with Crippen molar-refractivity contribution in [1.82, 2.24) is 9.47 Å². The first-order valence-corrected chi connectivity index (χ1v) is 8.94. The Morgan fingerprint density at radius 1 is 1.23 bits per heavy atom. The van der Waals surface area contributed by atoms with Crippen molar-refractivity contribution in [3.63, 3.8) is 0 Å². The third-order valence-electron chi connectivity index (χ3n) is 4.75. The van der Waals surface area contributed by atoms with E-state index in [4.69, 9.17) is 16.3 Å². The van der Waals surface area contributed by atoms with E-state index in [1.807, 2.05) is 13.0 Å². The summed E-state index contributed by atoms with van der Waals surface area (Å²) in [6.45, 7) is 2.70. The number of nitrogens with zero attached hydrogens (tertiary/aromatic N) is 2. The van der Waals surface area contributed by atoms with Gasteiger partial charge in [-0.1, -0.05) is 11.6 Å². The molecule has 1 aliphatic heterocycles. The monoisotopic (exact) mass is 376 g/mol. The molecule has 1 amide bonds. The molecule has 5 nitrogen and oxygen atoms in total. The Bertz CT molecular complexity index is 933. The van der Waals surface area contributed by atoms with Gasteiger partial charge in [-0.3, -0.25) is 9.59 Å². The Hall–Kier alpha value is -2.34. The fourth-order valence-corrected chi connectivity index (χ4v) is 3.50. The lowest BCUT2D eigenvalue weighted by molar-refractivity contribution is 0.0176. The van der Waals surface area contributed by atoms with Crippen LogP contribution in [-0.2, 0) is 0 Å². The number of carbonyl (C=O) groups excluding carboxylic acids is 1. The Morgan fingerprint density at radius 3 is 2.58 bits per heavy atom. The van der Waals surface area contributed by atoms with Crippen LogP contribution in [0.15, 0.2) is 35.1 Å². The number of aryl methyl sites for hydroxylation is 1. The van der Waals surface area contributed by atoms with Crippen LogP contribution in [-0.4, -0.2) is 34.6 Å². The van der Waals surface area contributed by atoms with Gasteiger partial charge in [0.25, 0.3) is 11.5 Å². The lowest BCUT2D eigenvalue weighted by atomic mass is 10.1. The highest BCUT2D eigenvalue weighted by Crippen LogP contribution is 2.35. The summed E-state index contributed by atoms with van der Waals surface area (Å²) in [4.78, 5) is 26.2. The van der Waals surface area contributed by atoms with Crippen LogP contribution >= 0.6 is 11.6 Å². The molecule has 0 bridgehead atoms. The Labute approximate surface area is 154 Å². The summed E-state index contributed by atoms with van der Waals surface area (Å²) in [6.07, 6.45) is 1.92. The first kappa shape index (κ1) is 17.1. The number of rotatable bonds is 4. The van der Waals surface area contributed by atoms with Gasteiger partial charge in [0.2, 0.25) is 0 Å². The smallest absolute Gasteiger partial charge is 0.255 e. The molecule has 2 aliphatic rings. The van der Waals surface area contributed by atoms with Crippen LogP contribution in [0, 0.1) is 12.7 Å². The van der Waals surface area contributed by atoms with Crippen molar-refractivity contribution in [1.29, 1.82) is 0 Å². The second-order valence-electron chi connectivity index (χ2n) is 6.85. The summed E-state index contributed by atoms with van der Waals surface area (Å²) in [5, 5.41) is 0.0960. The molecule has 0 atom stereocenters. The number of pyridine rings is 1. The van der Waals surface area contributed by atoms with Crippen molar-refractivity contribution in [2.45, 2.75) is 31.9 Å². The average Bonchev–Trinajstić information content (AvgIpc) is 3.34. The number of hydrogen-bond acceptors (Lipinski definition) is 3. The van der Waals surface area contributed by atoms with Gasteiger partial charge in [-0.2, -0.15) is 0 Å². The van der Waals surface area contributed by atoms with E-state index in [1.165, 1.54) is 18.2 Å². The maximum atomic E-state index is 13.1. The van der Waals surface area contributed by atoms with Crippen molar-refractivity contribution in [3.05, 3.63) is 62.8 Å². The molecule has 0 unspecified atom stereocenters. The number of ether oxygens (including phenoxy) is 1. The number of benzene rings is 1. The zero-order valence-corrected chi connectivity index (χ0v) is 15.0. The fraction of sp³-hybridized carbons (Fsp3) is 0.368. The van der Waals surface area contributed by atoms with Gasteiger partial charge in [0.1, 0.15) is 17.7 Å². The normalized spacial score (nSPS) is 17.1. The van der Waals surface area contributed by atoms with Gasteiger partial charge in [-0.15, -0.1) is 0 Å². The van der Waals surface area contributed by atoms with E-state index in [0.717, 1.165) is 24.6 Å². The molecular weight excluding hydrogens is 359 g/mol. The van der Waals surface area contributed by atoms with E-state index in [0.29, 0.717) is 24.9 Å². The van der Waals surface area contributed by atoms with Crippen LogP contribution in [0.4, 0.5) is 4.39 Å². The predicted octanol–water partition coefficient (Wildman–Crippen LogP) is 3.19. The summed E-state index contributed by atoms with van der Waals surface area (Å²) in [6, 6.07) is 7.42. The quantitative estimate of drug-likeness (QED) is 0.823. The van der Waals surface area contributed by atoms with Crippen LogP contribution in [0.5, 0.6) is 5.75 Å². The third-order valence-corrected chi connectivity index (χ3v) is 5.06. The molecule has 1 saturated carbocycles. The van der Waals surface area contributed by atoms with Crippen molar-refractivity contribution in [2.75, 3.05) is 13.1 Å². The van der Waals surface area contributed by atoms with E-state index in [2.05, 4.69) is 0 Å². The third kappa shape index (κ3) is 3.21. The van der Waals surface area contributed by atoms with Gasteiger partial charge in [-0.25, -0.2) is 4.39 Å². The minimum Gasteiger partial charge on any atom is -0.486 e. The molecule has 136 valence electrons. The minimum atomic E-state index is -0.479. The van der Waals surface area contributed by atoms with Gasteiger partial charge in [0.05, 0.1) is 23.7 Å². The summed E-state index contributed by atoms with van der Waals surface area (Å²) >= 11 is 5.94. The number of hydrogen-bond donors (Lipinski definition) is 0. The van der Waals surface area contributed by atoms with Crippen LogP contribution < -0.4 is 10.3 Å². The topological polar surface area (TPSA) is 51.5 Å². The van der Waals surface area contributed by atoms with E-state index in [9.17, 15) is 14.0 Å². The van der Waals surface area contributed by atoms with Crippen molar-refractivity contribution in [3.8, 4) is 5.75 Å². The summed E-state index contributed by atoms with van der Waals surface area (Å²) in [5.74, 6) is -0.204. The van der Waals surface area contributed by atoms with Gasteiger partial charge in [-0.05, 0) is 44.0 Å². The van der Waals surface area contributed by atoms with Crippen LogP contribution in [0.3, 0.4) is 0 Å². The van der Waals surface area contributed by atoms with Crippen LogP contribution in [0.1, 0.15) is 34.9 Å². The number of amides is 1. The molecule has 0 radical (unpaired) electrons. The Kier molecular flexibility index (Phi) is 4.23. The standard InChI is InChI=1S/C19H18ClFN2O3/c1-11-6-14(8-18(24)23(11)13-3-4-13)26-15-9-22(10-15)19(25)16-5-2-12(21)7-17(16)20/h2,5-8,13,15H,3-4,9-10H2,1H3. The number of halogens is 2. The molecule has 1 aliphatic carbocycles. The first-order valence-electron chi connectivity index (χ1n) is 8.56. The van der Waals surface area contributed by atoms with Crippen molar-refractivity contribution >= 4 is 17.5 Å². The predicted molar refractivity (Wildman–Crippen MR) is 95.4 cm³/mol. The highest BCUT2D eigenvalue weighted by Gasteiger charge is 2.34. The molecule has 2 heterocycles. The molecule has 4 rings (SSSR count). The highest BCUT2D eigenvalue weighted by atomic mass is 35.5. The van der Waals surface area contributed by atoms with Crippen molar-refractivity contribution in [2.24, 2.45) is 0 Å². The minimum absolute atomic E-state index is 0.0483. The zero-order chi connectivity index (χ0) is 18.4. The summed E-state index contributed by atoms with van der Waals surface area (Å²) < 4.78 is 20.7. The summed E-state index contributed by atoms with van der Waals surface area (Å²) in [5.41, 5.74) is 1.11. The van der Waals surface area contributed by atoms with E-state index >= 15 is 0 Å². The number of carbonyl (C=O) groups is 1. The fourth-order valence-electron chi connectivity index (χ4n) is 3.26. The van der Waals surface area contributed by atoms with E-state index < -0.39 is 5.82 Å². The largest absolute Gasteiger partial charge is 0.486 e. The van der Waals surface area contributed by atoms with Gasteiger partial charge >= 0.3 is 0 Å². The Balaban J connectivity index is 1.39. The Morgan fingerprint density at radius 2 is 1.96 bits per heavy atom. The lowest BCUT2D eigenvalue weighted by Crippen LogP contribution is -2.56. The second-order valence-corrected chi connectivity index (χ2v) is 7.25. The number of likely N-dealkylation sites (tertiary alicyclic amines) is 1. The molecule has 2 aromatic rings. The lowest BCUT2D eigenvalue weighted by Gasteiger charge is -2.39. The molecule has 1 aromatic heterocycles. The molecule has 1 saturated heterocycles. The number of aromatic nitrogens is 1. The van der Waals surface area contributed by atoms with Crippen LogP contribution in [0.25, 0.3) is 0 Å². The van der Waals surface area contributed by atoms with E-state index in [1.54, 1.807) is 9.47 Å². The van der Waals surface area contributed by atoms with Crippen molar-refractivity contribution < 1.29 is 13.9 Å². The maximum Gasteiger partial charge on any atom is 0.255 e. The molecule has 7 heteroatoms. The molecule has 1 aromatic carbocycles. The first-order chi connectivity index (χ1) is 12.4. The average molecular weight is 377 g/mol. The van der Waals surface area contributed by atoms with Crippen LogP contribution in [0.2, 0.25) is 5.02 Å². The van der Waals surface area contributed by atoms with E-state index in [-0.39, 0.29) is 28.2 Å². The van der Waals surface area contributed by atoms with Gasteiger partial charge in [0, 0.05) is 17.8 Å². The molecular formula is C19H18ClFN2O3. The SMILES string of the molecule is Cc1cc(OC2CN(C(=O)c3ccc(F)cc3Cl)C2)cc(=O)n1C1CC1. The summed E-state index contributed by atoms with van der Waals surface area (Å²) in [7, 11) is 0. The maximum absolute atomic E-state index is 13.1. The zero-order valence-electron chi connectivity index (χ0n) is 14.2. The van der Waals surface area contributed by atoms with Gasteiger partial charge in [0.15, 0.2) is 0 Å². The molecule has 0 N–H and O–H groups in total.